The third-order valence-corrected chi connectivity index (χ3v) is 3.36. The number of H-pyrrole nitrogens is 1. The van der Waals surface area contributed by atoms with Crippen molar-refractivity contribution in [3.05, 3.63) is 59.4 Å². The monoisotopic (exact) mass is 253 g/mol. The summed E-state index contributed by atoms with van der Waals surface area (Å²) >= 11 is 0. The molecule has 0 aliphatic heterocycles. The molecule has 1 heterocycles. The molecule has 1 aromatic heterocycles. The lowest BCUT2D eigenvalue weighted by Crippen LogP contribution is -1.87. The maximum atomic E-state index is 13.8. The van der Waals surface area contributed by atoms with Gasteiger partial charge in [-0.1, -0.05) is 36.4 Å². The molecule has 1 N–H and O–H groups in total. The number of carbonyl (C=O) groups excluding carboxylic acids is 1. The number of hydrogen-bond acceptors (Lipinski definition) is 1. The van der Waals surface area contributed by atoms with Crippen molar-refractivity contribution in [1.29, 1.82) is 0 Å². The van der Waals surface area contributed by atoms with Crippen LogP contribution in [0.1, 0.15) is 15.9 Å². The largest absolute Gasteiger partial charge is 0.352 e. The molecule has 94 valence electrons. The van der Waals surface area contributed by atoms with E-state index in [0.29, 0.717) is 22.2 Å². The van der Waals surface area contributed by atoms with Crippen LogP contribution >= 0.6 is 0 Å². The maximum Gasteiger partial charge on any atom is 0.152 e. The van der Waals surface area contributed by atoms with E-state index >= 15 is 0 Å². The van der Waals surface area contributed by atoms with Gasteiger partial charge in [-0.05, 0) is 18.6 Å². The van der Waals surface area contributed by atoms with Gasteiger partial charge < -0.3 is 4.98 Å². The zero-order chi connectivity index (χ0) is 13.4. The molecule has 0 atom stereocenters. The Labute approximate surface area is 109 Å². The van der Waals surface area contributed by atoms with E-state index in [-0.39, 0.29) is 5.82 Å². The number of para-hydroxylation sites is 1. The Morgan fingerprint density at radius 2 is 1.89 bits per heavy atom. The second kappa shape index (κ2) is 4.35. The molecule has 3 heteroatoms. The molecular weight excluding hydrogens is 241 g/mol. The van der Waals surface area contributed by atoms with Gasteiger partial charge in [-0.2, -0.15) is 0 Å². The molecule has 0 fully saturated rings. The highest BCUT2D eigenvalue weighted by Crippen LogP contribution is 2.31. The number of nitrogens with one attached hydrogen (secondary N) is 1. The zero-order valence-electron chi connectivity index (χ0n) is 10.4. The number of aromatic amines is 1. The van der Waals surface area contributed by atoms with E-state index in [1.54, 1.807) is 12.1 Å². The summed E-state index contributed by atoms with van der Waals surface area (Å²) in [4.78, 5) is 14.4. The average Bonchev–Trinajstić information content (AvgIpc) is 2.79. The van der Waals surface area contributed by atoms with Gasteiger partial charge in [0.05, 0.1) is 11.2 Å². The van der Waals surface area contributed by atoms with Gasteiger partial charge in [-0.15, -0.1) is 0 Å². The van der Waals surface area contributed by atoms with E-state index in [1.165, 1.54) is 6.07 Å². The molecule has 0 unspecified atom stereocenters. The third kappa shape index (κ3) is 1.74. The van der Waals surface area contributed by atoms with Crippen molar-refractivity contribution >= 4 is 17.2 Å². The molecule has 0 saturated carbocycles. The van der Waals surface area contributed by atoms with Crippen molar-refractivity contribution in [3.8, 4) is 11.3 Å². The first kappa shape index (κ1) is 11.7. The molecular formula is C16H12FNO. The van der Waals surface area contributed by atoms with E-state index in [4.69, 9.17) is 0 Å². The van der Waals surface area contributed by atoms with Gasteiger partial charge in [0.1, 0.15) is 5.82 Å². The molecule has 2 nitrogen and oxygen atoms in total. The summed E-state index contributed by atoms with van der Waals surface area (Å²) in [5.41, 5.74) is 3.51. The summed E-state index contributed by atoms with van der Waals surface area (Å²) in [7, 11) is 0. The van der Waals surface area contributed by atoms with Gasteiger partial charge in [0.25, 0.3) is 0 Å². The molecule has 0 spiro atoms. The lowest BCUT2D eigenvalue weighted by molar-refractivity contribution is 0.112. The summed E-state index contributed by atoms with van der Waals surface area (Å²) in [6.45, 7) is 1.96. The van der Waals surface area contributed by atoms with Crippen molar-refractivity contribution in [2.75, 3.05) is 0 Å². The van der Waals surface area contributed by atoms with Gasteiger partial charge in [0.2, 0.25) is 0 Å². The van der Waals surface area contributed by atoms with Crippen LogP contribution in [0.15, 0.2) is 42.5 Å². The number of aldehydes is 1. The van der Waals surface area contributed by atoms with Crippen molar-refractivity contribution in [1.82, 2.24) is 4.98 Å². The molecule has 0 amide bonds. The van der Waals surface area contributed by atoms with E-state index in [9.17, 15) is 9.18 Å². The van der Waals surface area contributed by atoms with Crippen molar-refractivity contribution in [2.45, 2.75) is 6.92 Å². The number of halogens is 1. The summed E-state index contributed by atoms with van der Waals surface area (Å²) in [5, 5.41) is 0.619. The molecule has 2 aromatic carbocycles. The minimum Gasteiger partial charge on any atom is -0.352 e. The summed E-state index contributed by atoms with van der Waals surface area (Å²) in [6, 6.07) is 12.5. The average molecular weight is 253 g/mol. The fourth-order valence-electron chi connectivity index (χ4n) is 2.39. The van der Waals surface area contributed by atoms with Crippen LogP contribution in [-0.4, -0.2) is 11.3 Å². The Morgan fingerprint density at radius 3 is 2.63 bits per heavy atom. The predicted octanol–water partition coefficient (Wildman–Crippen LogP) is 4.09. The second-order valence-corrected chi connectivity index (χ2v) is 4.51. The SMILES string of the molecule is Cc1ccccc1-c1[nH]c2c(F)cccc2c1C=O. The van der Waals surface area contributed by atoms with Crippen LogP contribution in [0.2, 0.25) is 0 Å². The van der Waals surface area contributed by atoms with Crippen LogP contribution < -0.4 is 0 Å². The molecule has 0 saturated heterocycles. The lowest BCUT2D eigenvalue weighted by atomic mass is 10.0. The van der Waals surface area contributed by atoms with Gasteiger partial charge in [-0.25, -0.2) is 4.39 Å². The van der Waals surface area contributed by atoms with Gasteiger partial charge in [0, 0.05) is 16.5 Å². The van der Waals surface area contributed by atoms with Crippen molar-refractivity contribution < 1.29 is 9.18 Å². The first-order valence-electron chi connectivity index (χ1n) is 6.03. The second-order valence-electron chi connectivity index (χ2n) is 4.51. The van der Waals surface area contributed by atoms with Gasteiger partial charge >= 0.3 is 0 Å². The van der Waals surface area contributed by atoms with Gasteiger partial charge in [0.15, 0.2) is 6.29 Å². The Kier molecular flexibility index (Phi) is 2.67. The third-order valence-electron chi connectivity index (χ3n) is 3.36. The molecule has 3 aromatic rings. The predicted molar refractivity (Wildman–Crippen MR) is 73.8 cm³/mol. The van der Waals surface area contributed by atoms with Crippen LogP contribution in [0, 0.1) is 12.7 Å². The number of aromatic nitrogens is 1. The molecule has 3 rings (SSSR count). The van der Waals surface area contributed by atoms with Crippen molar-refractivity contribution in [2.24, 2.45) is 0 Å². The standard InChI is InChI=1S/C16H12FNO/c1-10-5-2-3-6-11(10)15-13(9-19)12-7-4-8-14(17)16(12)18-15/h2-9,18H,1H3. The smallest absolute Gasteiger partial charge is 0.152 e. The van der Waals surface area contributed by atoms with Crippen LogP contribution in [0.4, 0.5) is 4.39 Å². The number of fused-ring (bicyclic) bond motifs is 1. The van der Waals surface area contributed by atoms with Crippen LogP contribution in [0.3, 0.4) is 0 Å². The number of hydrogen-bond donors (Lipinski definition) is 1. The number of carbonyl (C=O) groups is 1. The Hall–Kier alpha value is -2.42. The fourth-order valence-corrected chi connectivity index (χ4v) is 2.39. The Bertz CT molecular complexity index is 774. The molecule has 0 aliphatic rings. The Balaban J connectivity index is 2.39. The summed E-state index contributed by atoms with van der Waals surface area (Å²) in [5.74, 6) is -0.347. The number of rotatable bonds is 2. The minimum atomic E-state index is -0.347. The number of benzene rings is 2. The summed E-state index contributed by atoms with van der Waals surface area (Å²) in [6.07, 6.45) is 0.778. The van der Waals surface area contributed by atoms with E-state index in [2.05, 4.69) is 4.98 Å². The fraction of sp³-hybridized carbons (Fsp3) is 0.0625. The Morgan fingerprint density at radius 1 is 1.11 bits per heavy atom. The molecule has 0 aliphatic carbocycles. The van der Waals surface area contributed by atoms with E-state index in [0.717, 1.165) is 17.4 Å². The van der Waals surface area contributed by atoms with Crippen LogP contribution in [0.5, 0.6) is 0 Å². The topological polar surface area (TPSA) is 32.9 Å². The molecule has 0 bridgehead atoms. The maximum absolute atomic E-state index is 13.8. The molecule has 0 radical (unpaired) electrons. The summed E-state index contributed by atoms with van der Waals surface area (Å²) < 4.78 is 13.8. The van der Waals surface area contributed by atoms with Crippen LogP contribution in [0.25, 0.3) is 22.2 Å². The van der Waals surface area contributed by atoms with E-state index < -0.39 is 0 Å². The van der Waals surface area contributed by atoms with Crippen molar-refractivity contribution in [3.63, 3.8) is 0 Å². The number of aryl methyl sites for hydroxylation is 1. The van der Waals surface area contributed by atoms with Crippen LogP contribution in [-0.2, 0) is 0 Å². The zero-order valence-corrected chi connectivity index (χ0v) is 10.4. The van der Waals surface area contributed by atoms with E-state index in [1.807, 2.05) is 31.2 Å². The minimum absolute atomic E-state index is 0.347. The molecule has 19 heavy (non-hydrogen) atoms. The highest BCUT2D eigenvalue weighted by atomic mass is 19.1. The first-order valence-corrected chi connectivity index (χ1v) is 6.03. The first-order chi connectivity index (χ1) is 9.22. The normalized spacial score (nSPS) is 10.8. The highest BCUT2D eigenvalue weighted by molar-refractivity contribution is 6.04. The quantitative estimate of drug-likeness (QED) is 0.685. The van der Waals surface area contributed by atoms with Gasteiger partial charge in [-0.3, -0.25) is 4.79 Å². The highest BCUT2D eigenvalue weighted by Gasteiger charge is 2.15. The lowest BCUT2D eigenvalue weighted by Gasteiger charge is -2.03.